The molecule has 1 aromatic carbocycles. The highest BCUT2D eigenvalue weighted by Gasteiger charge is 2.29. The minimum Gasteiger partial charge on any atom is -0.460 e. The van der Waals surface area contributed by atoms with E-state index in [1.165, 1.54) is 0 Å². The molecule has 0 spiro atoms. The van der Waals surface area contributed by atoms with Crippen LogP contribution in [0.4, 0.5) is 0 Å². The summed E-state index contributed by atoms with van der Waals surface area (Å²) in [4.78, 5) is 15.2. The second-order valence-corrected chi connectivity index (χ2v) is 7.76. The number of rotatable bonds is 3. The van der Waals surface area contributed by atoms with Gasteiger partial charge in [0.2, 0.25) is 0 Å². The minimum absolute atomic E-state index is 0.00285. The highest BCUT2D eigenvalue weighted by molar-refractivity contribution is 6.30. The Labute approximate surface area is 163 Å². The third-order valence-corrected chi connectivity index (χ3v) is 5.10. The molecule has 4 rings (SSSR count). The third kappa shape index (κ3) is 3.62. The van der Waals surface area contributed by atoms with Crippen molar-refractivity contribution in [3.63, 3.8) is 0 Å². The number of carbonyl (C=O) groups excluding carboxylic acids is 1. The van der Waals surface area contributed by atoms with E-state index in [-0.39, 0.29) is 18.1 Å². The average molecular weight is 387 g/mol. The molecule has 142 valence electrons. The average Bonchev–Trinajstić information content (AvgIpc) is 3.11. The molecule has 1 fully saturated rings. The van der Waals surface area contributed by atoms with Gasteiger partial charge >= 0.3 is 0 Å². The first kappa shape index (κ1) is 18.1. The molecule has 1 saturated heterocycles. The summed E-state index contributed by atoms with van der Waals surface area (Å²) in [6, 6.07) is 11.5. The van der Waals surface area contributed by atoms with Crippen LogP contribution in [0.2, 0.25) is 5.02 Å². The minimum atomic E-state index is 0.00285. The summed E-state index contributed by atoms with van der Waals surface area (Å²) in [5.74, 6) is 0.829. The van der Waals surface area contributed by atoms with Gasteiger partial charge in [0, 0.05) is 36.8 Å². The number of benzene rings is 1. The summed E-state index contributed by atoms with van der Waals surface area (Å²) in [7, 11) is 0. The molecule has 6 heteroatoms. The van der Waals surface area contributed by atoms with E-state index in [1.54, 1.807) is 0 Å². The van der Waals surface area contributed by atoms with E-state index in [2.05, 4.69) is 0 Å². The smallest absolute Gasteiger partial charge is 0.270 e. The van der Waals surface area contributed by atoms with Gasteiger partial charge in [0.1, 0.15) is 11.5 Å². The fourth-order valence-electron chi connectivity index (χ4n) is 3.84. The maximum Gasteiger partial charge on any atom is 0.270 e. The molecule has 3 heterocycles. The molecular formula is C21H23ClN2O3. The summed E-state index contributed by atoms with van der Waals surface area (Å²) >= 11 is 6.15. The number of ether oxygens (including phenoxy) is 1. The molecule has 0 aliphatic carbocycles. The number of nitrogens with zero attached hydrogens (tertiary/aromatic N) is 2. The number of furan rings is 1. The first-order valence-corrected chi connectivity index (χ1v) is 9.57. The van der Waals surface area contributed by atoms with E-state index < -0.39 is 0 Å². The van der Waals surface area contributed by atoms with Crippen molar-refractivity contribution in [2.75, 3.05) is 13.1 Å². The lowest BCUT2D eigenvalue weighted by atomic mass is 10.2. The van der Waals surface area contributed by atoms with Crippen molar-refractivity contribution in [2.24, 2.45) is 0 Å². The van der Waals surface area contributed by atoms with Crippen LogP contribution >= 0.6 is 11.6 Å². The molecule has 27 heavy (non-hydrogen) atoms. The summed E-state index contributed by atoms with van der Waals surface area (Å²) in [5.41, 5.74) is 3.32. The first-order chi connectivity index (χ1) is 12.9. The number of morpholine rings is 1. The highest BCUT2D eigenvalue weighted by Crippen LogP contribution is 2.27. The molecule has 0 N–H and O–H groups in total. The molecule has 1 aliphatic heterocycles. The summed E-state index contributed by atoms with van der Waals surface area (Å²) in [6.07, 6.45) is 0.0542. The maximum atomic E-state index is 13.3. The van der Waals surface area contributed by atoms with Crippen molar-refractivity contribution in [2.45, 2.75) is 39.5 Å². The van der Waals surface area contributed by atoms with Gasteiger partial charge in [-0.2, -0.15) is 0 Å². The van der Waals surface area contributed by atoms with Crippen LogP contribution in [0, 0.1) is 6.92 Å². The zero-order valence-electron chi connectivity index (χ0n) is 15.7. The Hall–Kier alpha value is -2.24. The van der Waals surface area contributed by atoms with E-state index in [0.717, 1.165) is 22.4 Å². The van der Waals surface area contributed by atoms with E-state index in [9.17, 15) is 4.79 Å². The second kappa shape index (κ2) is 7.06. The highest BCUT2D eigenvalue weighted by atomic mass is 35.5. The lowest BCUT2D eigenvalue weighted by Crippen LogP contribution is -2.48. The zero-order chi connectivity index (χ0) is 19.1. The van der Waals surface area contributed by atoms with Crippen LogP contribution in [0.25, 0.3) is 11.1 Å². The molecule has 0 saturated carbocycles. The number of hydrogen-bond acceptors (Lipinski definition) is 3. The molecule has 5 nitrogen and oxygen atoms in total. The molecule has 1 amide bonds. The maximum absolute atomic E-state index is 13.3. The van der Waals surface area contributed by atoms with Gasteiger partial charge < -0.3 is 18.6 Å². The lowest BCUT2D eigenvalue weighted by molar-refractivity contribution is -0.0588. The Morgan fingerprint density at radius 3 is 2.63 bits per heavy atom. The number of fused-ring (bicyclic) bond motifs is 1. The number of carbonyl (C=O) groups is 1. The van der Waals surface area contributed by atoms with Crippen molar-refractivity contribution in [1.82, 2.24) is 9.47 Å². The molecule has 0 unspecified atom stereocenters. The predicted octanol–water partition coefficient (Wildman–Crippen LogP) is 4.49. The Morgan fingerprint density at radius 2 is 1.93 bits per heavy atom. The van der Waals surface area contributed by atoms with Gasteiger partial charge in [0.15, 0.2) is 5.58 Å². The second-order valence-electron chi connectivity index (χ2n) is 7.32. The molecule has 0 bridgehead atoms. The molecular weight excluding hydrogens is 364 g/mol. The summed E-state index contributed by atoms with van der Waals surface area (Å²) < 4.78 is 13.6. The van der Waals surface area contributed by atoms with Crippen LogP contribution in [0.15, 0.2) is 40.8 Å². The number of aromatic nitrogens is 1. The predicted molar refractivity (Wildman–Crippen MR) is 105 cm³/mol. The Bertz CT molecular complexity index is 981. The molecule has 1 aliphatic rings. The van der Waals surface area contributed by atoms with Crippen molar-refractivity contribution < 1.29 is 13.9 Å². The monoisotopic (exact) mass is 386 g/mol. The van der Waals surface area contributed by atoms with Gasteiger partial charge in [-0.25, -0.2) is 0 Å². The van der Waals surface area contributed by atoms with Crippen molar-refractivity contribution in [3.05, 3.63) is 58.4 Å². The van der Waals surface area contributed by atoms with E-state index in [0.29, 0.717) is 30.4 Å². The van der Waals surface area contributed by atoms with Crippen LogP contribution in [0.5, 0.6) is 0 Å². The van der Waals surface area contributed by atoms with Gasteiger partial charge in [-0.15, -0.1) is 0 Å². The van der Waals surface area contributed by atoms with Crippen LogP contribution in [0.3, 0.4) is 0 Å². The van der Waals surface area contributed by atoms with Crippen molar-refractivity contribution >= 4 is 28.6 Å². The SMILES string of the molecule is Cc1cc2c(cc(C(=O)N3C[C@@H](C)O[C@@H](C)C3)n2Cc2cccc(Cl)c2)o1. The zero-order valence-corrected chi connectivity index (χ0v) is 16.5. The van der Waals surface area contributed by atoms with E-state index in [1.807, 2.05) is 66.6 Å². The van der Waals surface area contributed by atoms with Gasteiger partial charge in [-0.05, 0) is 38.5 Å². The quantitative estimate of drug-likeness (QED) is 0.666. The van der Waals surface area contributed by atoms with Gasteiger partial charge in [0.25, 0.3) is 5.91 Å². The Kier molecular flexibility index (Phi) is 4.74. The number of amides is 1. The fraction of sp³-hybridized carbons (Fsp3) is 0.381. The fourth-order valence-corrected chi connectivity index (χ4v) is 4.05. The Morgan fingerprint density at radius 1 is 1.19 bits per heavy atom. The number of halogens is 1. The van der Waals surface area contributed by atoms with Crippen LogP contribution < -0.4 is 0 Å². The van der Waals surface area contributed by atoms with Gasteiger partial charge in [0.05, 0.1) is 17.7 Å². The van der Waals surface area contributed by atoms with E-state index >= 15 is 0 Å². The van der Waals surface area contributed by atoms with Crippen LogP contribution in [-0.4, -0.2) is 40.7 Å². The first-order valence-electron chi connectivity index (χ1n) is 9.19. The van der Waals surface area contributed by atoms with Gasteiger partial charge in [-0.3, -0.25) is 4.79 Å². The number of aryl methyl sites for hydroxylation is 1. The molecule has 2 atom stereocenters. The molecule has 2 aromatic heterocycles. The number of hydrogen-bond donors (Lipinski definition) is 0. The van der Waals surface area contributed by atoms with Crippen molar-refractivity contribution in [1.29, 1.82) is 0 Å². The lowest BCUT2D eigenvalue weighted by Gasteiger charge is -2.35. The van der Waals surface area contributed by atoms with Gasteiger partial charge in [-0.1, -0.05) is 23.7 Å². The van der Waals surface area contributed by atoms with E-state index in [4.69, 9.17) is 20.8 Å². The summed E-state index contributed by atoms with van der Waals surface area (Å²) in [6.45, 7) is 7.64. The topological polar surface area (TPSA) is 47.6 Å². The van der Waals surface area contributed by atoms with Crippen molar-refractivity contribution in [3.8, 4) is 0 Å². The van der Waals surface area contributed by atoms with Crippen LogP contribution in [-0.2, 0) is 11.3 Å². The van der Waals surface area contributed by atoms with Crippen LogP contribution in [0.1, 0.15) is 35.7 Å². The Balaban J connectivity index is 1.73. The molecule has 3 aromatic rings. The third-order valence-electron chi connectivity index (χ3n) is 4.87. The molecule has 0 radical (unpaired) electrons. The standard InChI is InChI=1S/C21H23ClN2O3/c1-13-7-18-20(27-13)9-19(21(25)23-10-14(2)26-15(3)11-23)24(18)12-16-5-4-6-17(22)8-16/h4-9,14-15H,10-12H2,1-3H3/t14-,15+. The normalized spacial score (nSPS) is 20.4. The summed E-state index contributed by atoms with van der Waals surface area (Å²) in [5, 5.41) is 0.683. The largest absolute Gasteiger partial charge is 0.460 e.